The Labute approximate surface area is 220 Å². The second-order valence-electron chi connectivity index (χ2n) is 8.39. The summed E-state index contributed by atoms with van der Waals surface area (Å²) in [4.78, 5) is 49.0. The normalized spacial score (nSPS) is 12.4. The molecule has 2 aromatic carbocycles. The van der Waals surface area contributed by atoms with E-state index in [9.17, 15) is 29.4 Å². The smallest absolute Gasteiger partial charge is 0.331 e. The first-order chi connectivity index (χ1) is 18.2. The lowest BCUT2D eigenvalue weighted by Crippen LogP contribution is -2.26. The quantitative estimate of drug-likeness (QED) is 0.209. The Morgan fingerprint density at radius 3 is 1.32 bits per heavy atom. The van der Waals surface area contributed by atoms with Gasteiger partial charge in [0.1, 0.15) is 36.2 Å². The van der Waals surface area contributed by atoms with Crippen molar-refractivity contribution in [2.45, 2.75) is 39.5 Å². The predicted molar refractivity (Wildman–Crippen MR) is 135 cm³/mol. The van der Waals surface area contributed by atoms with Crippen LogP contribution in [-0.4, -0.2) is 47.3 Å². The molecule has 0 heterocycles. The topological polar surface area (TPSA) is 146 Å². The van der Waals surface area contributed by atoms with Crippen LogP contribution in [0.1, 0.15) is 39.5 Å². The van der Waals surface area contributed by atoms with E-state index in [1.165, 1.54) is 48.5 Å². The maximum atomic E-state index is 12.4. The van der Waals surface area contributed by atoms with E-state index in [0.717, 1.165) is 12.2 Å². The SMILES string of the molecule is CCCC(COC(=O)/C=C\C(=O)OCC(CCC)C(=O)Oc1ccc(O)cc1)C(=O)Oc1ccc(O)cc1. The van der Waals surface area contributed by atoms with Crippen LogP contribution in [0.25, 0.3) is 0 Å². The van der Waals surface area contributed by atoms with Crippen molar-refractivity contribution in [2.24, 2.45) is 11.8 Å². The number of aromatic hydroxyl groups is 2. The van der Waals surface area contributed by atoms with Crippen molar-refractivity contribution in [3.63, 3.8) is 0 Å². The number of hydrogen-bond donors (Lipinski definition) is 2. The van der Waals surface area contributed by atoms with Crippen LogP contribution in [0.4, 0.5) is 0 Å². The standard InChI is InChI=1S/C28H32O10/c1-3-5-19(27(33)37-23-11-7-21(29)8-12-23)17-35-25(31)15-16-26(32)36-18-20(6-4-2)28(34)38-24-13-9-22(30)10-14-24/h7-16,19-20,29-30H,3-6,17-18H2,1-2H3/b16-15-. The highest BCUT2D eigenvalue weighted by Gasteiger charge is 2.23. The first-order valence-electron chi connectivity index (χ1n) is 12.2. The van der Waals surface area contributed by atoms with E-state index in [-0.39, 0.29) is 36.2 Å². The molecule has 0 amide bonds. The Hall–Kier alpha value is -4.34. The van der Waals surface area contributed by atoms with Crippen LogP contribution in [0.5, 0.6) is 23.0 Å². The minimum absolute atomic E-state index is 0.0315. The summed E-state index contributed by atoms with van der Waals surface area (Å²) < 4.78 is 20.7. The molecule has 2 aromatic rings. The maximum absolute atomic E-state index is 12.4. The van der Waals surface area contributed by atoms with E-state index in [2.05, 4.69) is 0 Å². The van der Waals surface area contributed by atoms with Gasteiger partial charge in [-0.15, -0.1) is 0 Å². The molecule has 0 saturated heterocycles. The summed E-state index contributed by atoms with van der Waals surface area (Å²) >= 11 is 0. The molecule has 10 nitrogen and oxygen atoms in total. The van der Waals surface area contributed by atoms with E-state index in [0.29, 0.717) is 25.7 Å². The molecular weight excluding hydrogens is 496 g/mol. The summed E-state index contributed by atoms with van der Waals surface area (Å²) in [6, 6.07) is 11.3. The van der Waals surface area contributed by atoms with Crippen LogP contribution in [0.3, 0.4) is 0 Å². The highest BCUT2D eigenvalue weighted by Crippen LogP contribution is 2.20. The molecule has 2 rings (SSSR count). The molecule has 38 heavy (non-hydrogen) atoms. The van der Waals surface area contributed by atoms with Gasteiger partial charge in [0.25, 0.3) is 0 Å². The van der Waals surface area contributed by atoms with Gasteiger partial charge in [-0.05, 0) is 61.4 Å². The molecule has 10 heteroatoms. The molecule has 0 bridgehead atoms. The second-order valence-corrected chi connectivity index (χ2v) is 8.39. The maximum Gasteiger partial charge on any atom is 0.331 e. The average Bonchev–Trinajstić information content (AvgIpc) is 2.90. The van der Waals surface area contributed by atoms with Crippen molar-refractivity contribution in [1.29, 1.82) is 0 Å². The fraction of sp³-hybridized carbons (Fsp3) is 0.357. The van der Waals surface area contributed by atoms with Crippen LogP contribution in [0.2, 0.25) is 0 Å². The van der Waals surface area contributed by atoms with E-state index < -0.39 is 35.7 Å². The van der Waals surface area contributed by atoms with Crippen molar-refractivity contribution < 1.29 is 48.3 Å². The Balaban J connectivity index is 1.81. The molecule has 0 spiro atoms. The zero-order valence-corrected chi connectivity index (χ0v) is 21.3. The zero-order valence-electron chi connectivity index (χ0n) is 21.3. The fourth-order valence-corrected chi connectivity index (χ4v) is 3.26. The number of phenols is 2. The minimum atomic E-state index is -0.850. The number of rotatable bonds is 14. The summed E-state index contributed by atoms with van der Waals surface area (Å²) in [5.74, 6) is -3.75. The number of esters is 4. The Kier molecular flexibility index (Phi) is 12.4. The molecule has 2 atom stereocenters. The summed E-state index contributed by atoms with van der Waals surface area (Å²) in [5.41, 5.74) is 0. The van der Waals surface area contributed by atoms with Crippen LogP contribution in [-0.2, 0) is 28.7 Å². The van der Waals surface area contributed by atoms with Crippen molar-refractivity contribution in [2.75, 3.05) is 13.2 Å². The molecule has 0 aliphatic heterocycles. The lowest BCUT2D eigenvalue weighted by Gasteiger charge is -2.15. The first kappa shape index (κ1) is 29.9. The van der Waals surface area contributed by atoms with E-state index in [1.807, 2.05) is 13.8 Å². The van der Waals surface area contributed by atoms with Gasteiger partial charge in [-0.25, -0.2) is 9.59 Å². The number of benzene rings is 2. The number of carbonyl (C=O) groups excluding carboxylic acids is 4. The van der Waals surface area contributed by atoms with Gasteiger partial charge in [-0.1, -0.05) is 26.7 Å². The average molecular weight is 529 g/mol. The van der Waals surface area contributed by atoms with Gasteiger partial charge in [0, 0.05) is 12.2 Å². The van der Waals surface area contributed by atoms with Crippen LogP contribution in [0, 0.1) is 11.8 Å². The molecule has 204 valence electrons. The van der Waals surface area contributed by atoms with Gasteiger partial charge in [0.2, 0.25) is 0 Å². The molecule has 2 N–H and O–H groups in total. The third kappa shape index (κ3) is 10.7. The molecule has 0 aliphatic rings. The monoisotopic (exact) mass is 528 g/mol. The minimum Gasteiger partial charge on any atom is -0.508 e. The molecule has 2 unspecified atom stereocenters. The molecule has 0 saturated carbocycles. The summed E-state index contributed by atoms with van der Waals surface area (Å²) in [7, 11) is 0. The van der Waals surface area contributed by atoms with E-state index >= 15 is 0 Å². The Morgan fingerprint density at radius 2 is 1.00 bits per heavy atom. The van der Waals surface area contributed by atoms with Crippen molar-refractivity contribution in [3.8, 4) is 23.0 Å². The van der Waals surface area contributed by atoms with E-state index in [4.69, 9.17) is 18.9 Å². The number of ether oxygens (including phenoxy) is 4. The Bertz CT molecular complexity index is 1000. The van der Waals surface area contributed by atoms with Crippen molar-refractivity contribution in [3.05, 3.63) is 60.7 Å². The van der Waals surface area contributed by atoms with Gasteiger partial charge in [-0.3, -0.25) is 9.59 Å². The van der Waals surface area contributed by atoms with Gasteiger partial charge >= 0.3 is 23.9 Å². The highest BCUT2D eigenvalue weighted by molar-refractivity contribution is 5.92. The summed E-state index contributed by atoms with van der Waals surface area (Å²) in [6.45, 7) is 3.24. The first-order valence-corrected chi connectivity index (χ1v) is 12.2. The molecule has 0 radical (unpaired) electrons. The molecule has 0 aliphatic carbocycles. The van der Waals surface area contributed by atoms with Gasteiger partial charge < -0.3 is 29.2 Å². The van der Waals surface area contributed by atoms with E-state index in [1.54, 1.807) is 0 Å². The molecular formula is C28H32O10. The third-order valence-corrected chi connectivity index (χ3v) is 5.26. The van der Waals surface area contributed by atoms with Gasteiger partial charge in [-0.2, -0.15) is 0 Å². The second kappa shape index (κ2) is 15.7. The summed E-state index contributed by atoms with van der Waals surface area (Å²) in [5, 5.41) is 18.7. The van der Waals surface area contributed by atoms with Crippen LogP contribution in [0.15, 0.2) is 60.7 Å². The van der Waals surface area contributed by atoms with Crippen LogP contribution >= 0.6 is 0 Å². The van der Waals surface area contributed by atoms with Gasteiger partial charge in [0.05, 0.1) is 11.8 Å². The predicted octanol–water partition coefficient (Wildman–Crippen LogP) is 4.08. The number of phenolic OH excluding ortho intramolecular Hbond substituents is 2. The largest absolute Gasteiger partial charge is 0.508 e. The van der Waals surface area contributed by atoms with Crippen molar-refractivity contribution in [1.82, 2.24) is 0 Å². The summed E-state index contributed by atoms with van der Waals surface area (Å²) in [6.07, 6.45) is 3.86. The van der Waals surface area contributed by atoms with Gasteiger partial charge in [0.15, 0.2) is 0 Å². The lowest BCUT2D eigenvalue weighted by molar-refractivity contribution is -0.149. The molecule has 0 fully saturated rings. The van der Waals surface area contributed by atoms with Crippen LogP contribution < -0.4 is 9.47 Å². The fourth-order valence-electron chi connectivity index (χ4n) is 3.26. The Morgan fingerprint density at radius 1 is 0.658 bits per heavy atom. The highest BCUT2D eigenvalue weighted by atomic mass is 16.6. The zero-order chi connectivity index (χ0) is 27.9. The molecule has 0 aromatic heterocycles. The lowest BCUT2D eigenvalue weighted by atomic mass is 10.1. The van der Waals surface area contributed by atoms with Crippen molar-refractivity contribution >= 4 is 23.9 Å². The number of carbonyl (C=O) groups is 4. The number of hydrogen-bond acceptors (Lipinski definition) is 10. The third-order valence-electron chi connectivity index (χ3n) is 5.26.